The van der Waals surface area contributed by atoms with Crippen LogP contribution in [0.4, 0.5) is 5.69 Å². The highest BCUT2D eigenvalue weighted by atomic mass is 16.5. The quantitative estimate of drug-likeness (QED) is 0.693. The molecule has 0 bridgehead atoms. The number of aromatic nitrogens is 2. The Bertz CT molecular complexity index is 996. The van der Waals surface area contributed by atoms with Gasteiger partial charge in [-0.3, -0.25) is 4.79 Å². The van der Waals surface area contributed by atoms with Gasteiger partial charge in [0, 0.05) is 31.5 Å². The largest absolute Gasteiger partial charge is 0.497 e. The number of fused-ring (bicyclic) bond motifs is 1. The van der Waals surface area contributed by atoms with Crippen molar-refractivity contribution < 1.29 is 14.3 Å². The van der Waals surface area contributed by atoms with E-state index in [-0.39, 0.29) is 11.8 Å². The van der Waals surface area contributed by atoms with Crippen LogP contribution in [0.3, 0.4) is 0 Å². The van der Waals surface area contributed by atoms with Crippen LogP contribution in [0.25, 0.3) is 11.0 Å². The maximum absolute atomic E-state index is 12.8. The van der Waals surface area contributed by atoms with Gasteiger partial charge in [0.05, 0.1) is 30.9 Å². The molecule has 2 heterocycles. The van der Waals surface area contributed by atoms with Gasteiger partial charge in [-0.2, -0.15) is 0 Å². The molecular formula is C21H23N3O3. The lowest BCUT2D eigenvalue weighted by molar-refractivity contribution is -0.117. The highest BCUT2D eigenvalue weighted by Crippen LogP contribution is 2.38. The number of aryl methyl sites for hydroxylation is 1. The molecule has 0 aliphatic carbocycles. The van der Waals surface area contributed by atoms with Crippen LogP contribution in [0.2, 0.25) is 0 Å². The van der Waals surface area contributed by atoms with Crippen LogP contribution >= 0.6 is 0 Å². The summed E-state index contributed by atoms with van der Waals surface area (Å²) in [5, 5.41) is 0. The molecule has 0 spiro atoms. The van der Waals surface area contributed by atoms with Crippen LogP contribution in [0.15, 0.2) is 42.5 Å². The van der Waals surface area contributed by atoms with E-state index in [0.29, 0.717) is 24.5 Å². The Kier molecular flexibility index (Phi) is 4.48. The number of imidazole rings is 1. The molecule has 1 amide bonds. The molecule has 6 nitrogen and oxygen atoms in total. The smallest absolute Gasteiger partial charge is 0.227 e. The summed E-state index contributed by atoms with van der Waals surface area (Å²) in [5.41, 5.74) is 2.82. The van der Waals surface area contributed by atoms with Crippen molar-refractivity contribution in [2.24, 2.45) is 0 Å². The predicted octanol–water partition coefficient (Wildman–Crippen LogP) is 3.59. The van der Waals surface area contributed by atoms with Gasteiger partial charge in [-0.15, -0.1) is 0 Å². The van der Waals surface area contributed by atoms with E-state index in [9.17, 15) is 4.79 Å². The standard InChI is InChI=1S/C21H23N3O3/c1-4-23-17-8-6-5-7-16(17)22-21(23)14-11-20(25)24(13-14)18-12-15(26-2)9-10-19(18)27-3/h5-10,12,14H,4,11,13H2,1-3H3. The number of hydrogen-bond donors (Lipinski definition) is 0. The molecule has 4 rings (SSSR count). The van der Waals surface area contributed by atoms with Crippen LogP contribution < -0.4 is 14.4 Å². The van der Waals surface area contributed by atoms with Gasteiger partial charge in [0.15, 0.2) is 0 Å². The van der Waals surface area contributed by atoms with Gasteiger partial charge in [0.25, 0.3) is 0 Å². The number of ether oxygens (including phenoxy) is 2. The molecule has 1 aromatic heterocycles. The summed E-state index contributed by atoms with van der Waals surface area (Å²) in [7, 11) is 3.23. The zero-order chi connectivity index (χ0) is 19.0. The minimum atomic E-state index is 0.0424. The number of methoxy groups -OCH3 is 2. The molecule has 1 saturated heterocycles. The Morgan fingerprint density at radius 2 is 1.96 bits per heavy atom. The van der Waals surface area contributed by atoms with E-state index >= 15 is 0 Å². The zero-order valence-corrected chi connectivity index (χ0v) is 15.8. The molecule has 6 heteroatoms. The van der Waals surface area contributed by atoms with Gasteiger partial charge < -0.3 is 18.9 Å². The number of hydrogen-bond acceptors (Lipinski definition) is 4. The van der Waals surface area contributed by atoms with Gasteiger partial charge in [-0.05, 0) is 31.2 Å². The van der Waals surface area contributed by atoms with Crippen molar-refractivity contribution in [3.05, 3.63) is 48.3 Å². The Morgan fingerprint density at radius 3 is 2.70 bits per heavy atom. The predicted molar refractivity (Wildman–Crippen MR) is 105 cm³/mol. The Morgan fingerprint density at radius 1 is 1.15 bits per heavy atom. The first-order chi connectivity index (χ1) is 13.2. The number of para-hydroxylation sites is 2. The van der Waals surface area contributed by atoms with Gasteiger partial charge in [0.2, 0.25) is 5.91 Å². The van der Waals surface area contributed by atoms with Crippen LogP contribution in [0.1, 0.15) is 25.1 Å². The number of carbonyl (C=O) groups is 1. The van der Waals surface area contributed by atoms with Crippen LogP contribution in [-0.2, 0) is 11.3 Å². The minimum absolute atomic E-state index is 0.0424. The SMILES string of the molecule is CCn1c(C2CC(=O)N(c3cc(OC)ccc3OC)C2)nc2ccccc21. The molecule has 1 unspecified atom stereocenters. The number of amides is 1. The number of carbonyl (C=O) groups excluding carboxylic acids is 1. The van der Waals surface area contributed by atoms with Gasteiger partial charge >= 0.3 is 0 Å². The summed E-state index contributed by atoms with van der Waals surface area (Å²) in [5.74, 6) is 2.44. The van der Waals surface area contributed by atoms with E-state index in [1.807, 2.05) is 36.4 Å². The third-order valence-electron chi connectivity index (χ3n) is 5.17. The van der Waals surface area contributed by atoms with Crippen LogP contribution in [-0.4, -0.2) is 36.2 Å². The lowest BCUT2D eigenvalue weighted by Crippen LogP contribution is -2.25. The van der Waals surface area contributed by atoms with E-state index in [1.54, 1.807) is 19.1 Å². The number of nitrogens with zero attached hydrogens (tertiary/aromatic N) is 3. The highest BCUT2D eigenvalue weighted by molar-refractivity contribution is 5.98. The molecule has 1 aliphatic heterocycles. The highest BCUT2D eigenvalue weighted by Gasteiger charge is 2.36. The summed E-state index contributed by atoms with van der Waals surface area (Å²) in [4.78, 5) is 19.4. The van der Waals surface area contributed by atoms with E-state index < -0.39 is 0 Å². The first-order valence-corrected chi connectivity index (χ1v) is 9.13. The van der Waals surface area contributed by atoms with Crippen molar-refractivity contribution in [2.75, 3.05) is 25.7 Å². The molecular weight excluding hydrogens is 342 g/mol. The molecule has 2 aromatic carbocycles. The van der Waals surface area contributed by atoms with E-state index in [0.717, 1.165) is 29.1 Å². The van der Waals surface area contributed by atoms with Crippen molar-refractivity contribution in [2.45, 2.75) is 25.8 Å². The maximum Gasteiger partial charge on any atom is 0.227 e. The van der Waals surface area contributed by atoms with Crippen molar-refractivity contribution >= 4 is 22.6 Å². The monoisotopic (exact) mass is 365 g/mol. The van der Waals surface area contributed by atoms with Gasteiger partial charge in [-0.1, -0.05) is 12.1 Å². The molecule has 140 valence electrons. The molecule has 0 N–H and O–H groups in total. The first kappa shape index (κ1) is 17.4. The lowest BCUT2D eigenvalue weighted by Gasteiger charge is -2.20. The number of anilines is 1. The number of rotatable bonds is 5. The fraction of sp³-hybridized carbons (Fsp3) is 0.333. The average Bonchev–Trinajstić information content (AvgIpc) is 3.27. The fourth-order valence-electron chi connectivity index (χ4n) is 3.86. The van der Waals surface area contributed by atoms with Gasteiger partial charge in [-0.25, -0.2) is 4.98 Å². The van der Waals surface area contributed by atoms with E-state index in [2.05, 4.69) is 17.6 Å². The second-order valence-corrected chi connectivity index (χ2v) is 6.65. The van der Waals surface area contributed by atoms with Crippen LogP contribution in [0.5, 0.6) is 11.5 Å². The number of benzene rings is 2. The topological polar surface area (TPSA) is 56.6 Å². The van der Waals surface area contributed by atoms with Crippen molar-refractivity contribution in [1.82, 2.24) is 9.55 Å². The summed E-state index contributed by atoms with van der Waals surface area (Å²) in [6, 6.07) is 13.6. The van der Waals surface area contributed by atoms with Crippen LogP contribution in [0, 0.1) is 0 Å². The minimum Gasteiger partial charge on any atom is -0.497 e. The molecule has 1 aliphatic rings. The van der Waals surface area contributed by atoms with E-state index in [4.69, 9.17) is 14.5 Å². The second kappa shape index (κ2) is 6.95. The maximum atomic E-state index is 12.8. The summed E-state index contributed by atoms with van der Waals surface area (Å²) in [6.07, 6.45) is 0.434. The molecule has 3 aromatic rings. The van der Waals surface area contributed by atoms with Crippen molar-refractivity contribution in [1.29, 1.82) is 0 Å². The molecule has 1 fully saturated rings. The van der Waals surface area contributed by atoms with Crippen molar-refractivity contribution in [3.8, 4) is 11.5 Å². The third kappa shape index (κ3) is 2.91. The Balaban J connectivity index is 1.71. The second-order valence-electron chi connectivity index (χ2n) is 6.65. The Labute approximate surface area is 158 Å². The first-order valence-electron chi connectivity index (χ1n) is 9.13. The summed E-state index contributed by atoms with van der Waals surface area (Å²) >= 11 is 0. The van der Waals surface area contributed by atoms with Gasteiger partial charge in [0.1, 0.15) is 17.3 Å². The summed E-state index contributed by atoms with van der Waals surface area (Å²) < 4.78 is 13.0. The lowest BCUT2D eigenvalue weighted by atomic mass is 10.1. The molecule has 27 heavy (non-hydrogen) atoms. The Hall–Kier alpha value is -3.02. The average molecular weight is 365 g/mol. The molecule has 1 atom stereocenters. The molecule has 0 radical (unpaired) electrons. The van der Waals surface area contributed by atoms with E-state index in [1.165, 1.54) is 0 Å². The normalized spacial score (nSPS) is 16.9. The molecule has 0 saturated carbocycles. The summed E-state index contributed by atoms with van der Waals surface area (Å²) in [6.45, 7) is 3.51. The zero-order valence-electron chi connectivity index (χ0n) is 15.8. The fourth-order valence-corrected chi connectivity index (χ4v) is 3.86. The third-order valence-corrected chi connectivity index (χ3v) is 5.17. The van der Waals surface area contributed by atoms with Crippen molar-refractivity contribution in [3.63, 3.8) is 0 Å².